The minimum absolute atomic E-state index is 0.133. The molecule has 1 aliphatic rings. The van der Waals surface area contributed by atoms with E-state index in [0.717, 1.165) is 25.8 Å². The van der Waals surface area contributed by atoms with E-state index in [4.69, 9.17) is 0 Å². The molecule has 0 aliphatic carbocycles. The molecule has 1 amide bonds. The molecule has 7 nitrogen and oxygen atoms in total. The number of likely N-dealkylation sites (tertiary alicyclic amines) is 1. The first-order valence-electron chi connectivity index (χ1n) is 9.56. The third-order valence-corrected chi connectivity index (χ3v) is 5.18. The Bertz CT molecular complexity index is 846. The zero-order valence-corrected chi connectivity index (χ0v) is 16.2. The summed E-state index contributed by atoms with van der Waals surface area (Å²) in [5, 5.41) is 4.82. The van der Waals surface area contributed by atoms with Crippen molar-refractivity contribution in [2.45, 2.75) is 77.9 Å². The van der Waals surface area contributed by atoms with E-state index in [1.165, 1.54) is 17.3 Å². The van der Waals surface area contributed by atoms with Crippen molar-refractivity contribution < 1.29 is 4.79 Å². The van der Waals surface area contributed by atoms with Gasteiger partial charge in [-0.05, 0) is 46.5 Å². The van der Waals surface area contributed by atoms with Crippen LogP contribution in [0.5, 0.6) is 0 Å². The minimum Gasteiger partial charge on any atom is -0.340 e. The molecule has 0 N–H and O–H groups in total. The molecule has 3 heterocycles. The van der Waals surface area contributed by atoms with Gasteiger partial charge in [0.25, 0.3) is 5.56 Å². The van der Waals surface area contributed by atoms with E-state index in [9.17, 15) is 9.59 Å². The van der Waals surface area contributed by atoms with Crippen LogP contribution in [0, 0.1) is 0 Å². The normalized spacial score (nSPS) is 18.5. The maximum atomic E-state index is 12.7. The van der Waals surface area contributed by atoms with Gasteiger partial charge in [-0.2, -0.15) is 5.10 Å². The molecular weight excluding hydrogens is 330 g/mol. The van der Waals surface area contributed by atoms with Gasteiger partial charge in [-0.25, -0.2) is 9.67 Å². The molecule has 1 saturated heterocycles. The first-order valence-corrected chi connectivity index (χ1v) is 9.56. The fraction of sp³-hybridized carbons (Fsp3) is 0.684. The molecule has 0 aromatic carbocycles. The minimum atomic E-state index is -0.243. The van der Waals surface area contributed by atoms with Crippen molar-refractivity contribution in [2.24, 2.45) is 0 Å². The summed E-state index contributed by atoms with van der Waals surface area (Å²) in [5.74, 6) is 0.133. The number of hydrogen-bond donors (Lipinski definition) is 0. The number of nitrogens with zero attached hydrogens (tertiary/aromatic N) is 5. The van der Waals surface area contributed by atoms with Gasteiger partial charge < -0.3 is 4.90 Å². The molecule has 26 heavy (non-hydrogen) atoms. The van der Waals surface area contributed by atoms with Gasteiger partial charge in [0.1, 0.15) is 5.39 Å². The molecular formula is C19H29N5O2. The molecule has 1 atom stereocenters. The van der Waals surface area contributed by atoms with Crippen LogP contribution < -0.4 is 5.56 Å². The van der Waals surface area contributed by atoms with Crippen molar-refractivity contribution in [3.8, 4) is 0 Å². The van der Waals surface area contributed by atoms with E-state index in [1.807, 2.05) is 25.7 Å². The first-order chi connectivity index (χ1) is 12.3. The predicted molar refractivity (Wildman–Crippen MR) is 101 cm³/mol. The molecule has 2 aromatic rings. The van der Waals surface area contributed by atoms with Crippen LogP contribution in [0.15, 0.2) is 17.3 Å². The molecule has 1 aliphatic heterocycles. The number of fused-ring (bicyclic) bond motifs is 1. The number of aryl methyl sites for hydroxylation is 1. The second-order valence-electron chi connectivity index (χ2n) is 8.10. The van der Waals surface area contributed by atoms with Crippen molar-refractivity contribution in [3.63, 3.8) is 0 Å². The largest absolute Gasteiger partial charge is 0.340 e. The van der Waals surface area contributed by atoms with Gasteiger partial charge in [0, 0.05) is 25.6 Å². The van der Waals surface area contributed by atoms with Crippen molar-refractivity contribution in [2.75, 3.05) is 6.54 Å². The summed E-state index contributed by atoms with van der Waals surface area (Å²) in [4.78, 5) is 31.8. The highest BCUT2D eigenvalue weighted by Crippen LogP contribution is 2.21. The average Bonchev–Trinajstić information content (AvgIpc) is 3.06. The molecule has 0 radical (unpaired) electrons. The lowest BCUT2D eigenvalue weighted by atomic mass is 9.99. The molecule has 3 rings (SSSR count). The SMILES string of the molecule is CCC1CCCCN1C(=O)CCn1cnc2c(cnn2C(C)(C)C)c1=O. The fourth-order valence-electron chi connectivity index (χ4n) is 3.71. The van der Waals surface area contributed by atoms with E-state index < -0.39 is 0 Å². The lowest BCUT2D eigenvalue weighted by Crippen LogP contribution is -2.43. The number of piperidine rings is 1. The number of carbonyl (C=O) groups is 1. The quantitative estimate of drug-likeness (QED) is 0.841. The molecule has 142 valence electrons. The molecule has 1 fully saturated rings. The van der Waals surface area contributed by atoms with E-state index >= 15 is 0 Å². The molecule has 2 aromatic heterocycles. The van der Waals surface area contributed by atoms with Gasteiger partial charge in [0.05, 0.1) is 18.1 Å². The summed E-state index contributed by atoms with van der Waals surface area (Å²) in [6, 6.07) is 0.346. The summed E-state index contributed by atoms with van der Waals surface area (Å²) in [5.41, 5.74) is 0.211. The van der Waals surface area contributed by atoms with Crippen LogP contribution in [-0.4, -0.2) is 42.7 Å². The van der Waals surface area contributed by atoms with Crippen LogP contribution in [-0.2, 0) is 16.9 Å². The summed E-state index contributed by atoms with van der Waals surface area (Å²) >= 11 is 0. The number of aromatic nitrogens is 4. The smallest absolute Gasteiger partial charge is 0.264 e. The van der Waals surface area contributed by atoms with Crippen LogP contribution in [0.25, 0.3) is 11.0 Å². The van der Waals surface area contributed by atoms with Crippen LogP contribution in [0.1, 0.15) is 59.8 Å². The number of hydrogen-bond acceptors (Lipinski definition) is 4. The molecule has 0 saturated carbocycles. The molecule has 0 bridgehead atoms. The average molecular weight is 359 g/mol. The summed E-state index contributed by atoms with van der Waals surface area (Å²) in [6.07, 6.45) is 7.78. The van der Waals surface area contributed by atoms with E-state index in [-0.39, 0.29) is 17.0 Å². The third kappa shape index (κ3) is 3.52. The number of carbonyl (C=O) groups excluding carboxylic acids is 1. The van der Waals surface area contributed by atoms with E-state index in [1.54, 1.807) is 10.9 Å². The topological polar surface area (TPSA) is 73.0 Å². The first kappa shape index (κ1) is 18.6. The lowest BCUT2D eigenvalue weighted by molar-refractivity contribution is -0.135. The Kier molecular flexibility index (Phi) is 5.16. The Morgan fingerprint density at radius 3 is 2.77 bits per heavy atom. The van der Waals surface area contributed by atoms with Gasteiger partial charge in [0.2, 0.25) is 5.91 Å². The Morgan fingerprint density at radius 1 is 1.31 bits per heavy atom. The predicted octanol–water partition coefficient (Wildman–Crippen LogP) is 2.53. The van der Waals surface area contributed by atoms with Gasteiger partial charge in [-0.3, -0.25) is 14.2 Å². The second-order valence-corrected chi connectivity index (χ2v) is 8.10. The van der Waals surface area contributed by atoms with Gasteiger partial charge in [0.15, 0.2) is 5.65 Å². The van der Waals surface area contributed by atoms with Gasteiger partial charge in [-0.15, -0.1) is 0 Å². The number of rotatable bonds is 4. The maximum absolute atomic E-state index is 12.7. The van der Waals surface area contributed by atoms with E-state index in [0.29, 0.717) is 30.0 Å². The van der Waals surface area contributed by atoms with Gasteiger partial charge in [-0.1, -0.05) is 6.92 Å². The lowest BCUT2D eigenvalue weighted by Gasteiger charge is -2.35. The molecule has 7 heteroatoms. The second kappa shape index (κ2) is 7.21. The highest BCUT2D eigenvalue weighted by atomic mass is 16.2. The Labute approximate surface area is 154 Å². The van der Waals surface area contributed by atoms with Crippen molar-refractivity contribution in [1.29, 1.82) is 0 Å². The summed E-state index contributed by atoms with van der Waals surface area (Å²) in [7, 11) is 0. The Balaban J connectivity index is 1.76. The van der Waals surface area contributed by atoms with Crippen LogP contribution in [0.3, 0.4) is 0 Å². The maximum Gasteiger partial charge on any atom is 0.264 e. The zero-order chi connectivity index (χ0) is 18.9. The molecule has 0 spiro atoms. The fourth-order valence-corrected chi connectivity index (χ4v) is 3.71. The highest BCUT2D eigenvalue weighted by molar-refractivity contribution is 5.77. The van der Waals surface area contributed by atoms with Crippen molar-refractivity contribution in [3.05, 3.63) is 22.9 Å². The zero-order valence-electron chi connectivity index (χ0n) is 16.2. The monoisotopic (exact) mass is 359 g/mol. The van der Waals surface area contributed by atoms with Crippen LogP contribution in [0.4, 0.5) is 0 Å². The highest BCUT2D eigenvalue weighted by Gasteiger charge is 2.25. The van der Waals surface area contributed by atoms with Crippen LogP contribution in [0.2, 0.25) is 0 Å². The van der Waals surface area contributed by atoms with Crippen LogP contribution >= 0.6 is 0 Å². The summed E-state index contributed by atoms with van der Waals surface area (Å²) < 4.78 is 3.29. The third-order valence-electron chi connectivity index (χ3n) is 5.18. The van der Waals surface area contributed by atoms with Gasteiger partial charge >= 0.3 is 0 Å². The number of amides is 1. The molecule has 1 unspecified atom stereocenters. The Morgan fingerprint density at radius 2 is 2.08 bits per heavy atom. The Hall–Kier alpha value is -2.18. The van der Waals surface area contributed by atoms with E-state index in [2.05, 4.69) is 17.0 Å². The standard InChI is InChI=1S/C19H29N5O2/c1-5-14-8-6-7-10-23(14)16(25)9-11-22-13-20-17-15(18(22)26)12-21-24(17)19(2,3)4/h12-14H,5-11H2,1-4H3. The van der Waals surface area contributed by atoms with Crippen molar-refractivity contribution in [1.82, 2.24) is 24.2 Å². The van der Waals surface area contributed by atoms with Crippen molar-refractivity contribution >= 4 is 16.9 Å². The summed E-state index contributed by atoms with van der Waals surface area (Å²) in [6.45, 7) is 9.39.